The summed E-state index contributed by atoms with van der Waals surface area (Å²) in [6.45, 7) is 2.75. The first-order valence-electron chi connectivity index (χ1n) is 8.16. The molecule has 0 radical (unpaired) electrons. The van der Waals surface area contributed by atoms with Gasteiger partial charge in [0.05, 0.1) is 25.2 Å². The minimum Gasteiger partial charge on any atom is -0.465 e. The molecule has 2 bridgehead atoms. The van der Waals surface area contributed by atoms with Gasteiger partial charge in [0.2, 0.25) is 5.91 Å². The van der Waals surface area contributed by atoms with E-state index in [1.807, 2.05) is 43.3 Å². The van der Waals surface area contributed by atoms with Crippen LogP contribution in [0, 0.1) is 11.8 Å². The number of ether oxygens (including phenoxy) is 2. The molecule has 1 aromatic rings. The fourth-order valence-electron chi connectivity index (χ4n) is 3.91. The average molecular weight is 392 g/mol. The topological polar surface area (TPSA) is 55.8 Å². The maximum Gasteiger partial charge on any atom is 0.312 e. The van der Waals surface area contributed by atoms with E-state index in [0.717, 1.165) is 16.6 Å². The number of rotatable bonds is 4. The molecule has 5 nitrogen and oxygen atoms in total. The molecule has 1 aromatic carbocycles. The van der Waals surface area contributed by atoms with Crippen LogP contribution in [0.1, 0.15) is 13.3 Å². The van der Waals surface area contributed by atoms with E-state index < -0.39 is 17.4 Å². The second-order valence-corrected chi connectivity index (χ2v) is 7.38. The van der Waals surface area contributed by atoms with Crippen LogP contribution in [0.3, 0.4) is 0 Å². The molecule has 0 aliphatic carbocycles. The lowest BCUT2D eigenvalue weighted by atomic mass is 9.77. The van der Waals surface area contributed by atoms with Gasteiger partial charge in [-0.1, -0.05) is 35.0 Å². The fraction of sp³-hybridized carbons (Fsp3) is 0.444. The predicted octanol–water partition coefficient (Wildman–Crippen LogP) is 2.69. The van der Waals surface area contributed by atoms with E-state index in [1.165, 1.54) is 0 Å². The van der Waals surface area contributed by atoms with Gasteiger partial charge < -0.3 is 14.4 Å². The van der Waals surface area contributed by atoms with Crippen molar-refractivity contribution in [2.24, 2.45) is 11.8 Å². The minimum atomic E-state index is -0.704. The average Bonchev–Trinajstić information content (AvgIpc) is 3.22. The first kappa shape index (κ1) is 15.8. The lowest BCUT2D eigenvalue weighted by molar-refractivity contribution is -0.152. The molecule has 0 N–H and O–H groups in total. The number of esters is 1. The number of hydrogen-bond donors (Lipinski definition) is 0. The van der Waals surface area contributed by atoms with Crippen molar-refractivity contribution in [3.05, 3.63) is 40.9 Å². The highest BCUT2D eigenvalue weighted by Gasteiger charge is 2.67. The smallest absolute Gasteiger partial charge is 0.312 e. The van der Waals surface area contributed by atoms with Crippen LogP contribution >= 0.6 is 15.9 Å². The van der Waals surface area contributed by atoms with Crippen molar-refractivity contribution in [2.75, 3.05) is 18.1 Å². The molecule has 4 rings (SSSR count). The van der Waals surface area contributed by atoms with Gasteiger partial charge in [-0.2, -0.15) is 0 Å². The van der Waals surface area contributed by atoms with Crippen LogP contribution in [-0.4, -0.2) is 36.7 Å². The molecule has 24 heavy (non-hydrogen) atoms. The second kappa shape index (κ2) is 5.70. The predicted molar refractivity (Wildman–Crippen MR) is 91.5 cm³/mol. The van der Waals surface area contributed by atoms with Gasteiger partial charge in [-0.05, 0) is 30.7 Å². The van der Waals surface area contributed by atoms with Crippen molar-refractivity contribution in [1.82, 2.24) is 0 Å². The van der Waals surface area contributed by atoms with Gasteiger partial charge in [0.1, 0.15) is 11.5 Å². The molecule has 1 amide bonds. The van der Waals surface area contributed by atoms with Gasteiger partial charge in [-0.25, -0.2) is 0 Å². The maximum absolute atomic E-state index is 13.0. The Bertz CT molecular complexity index is 716. The SMILES string of the molecule is CCCOC(=O)C1[C@H]2C(=O)N(c3ccc(Br)cc3)C[C@]23C=C[C@H]1O3. The van der Waals surface area contributed by atoms with Crippen LogP contribution < -0.4 is 4.90 Å². The maximum atomic E-state index is 13.0. The van der Waals surface area contributed by atoms with Crippen molar-refractivity contribution in [3.8, 4) is 0 Å². The van der Waals surface area contributed by atoms with Crippen molar-refractivity contribution in [1.29, 1.82) is 0 Å². The third kappa shape index (κ3) is 2.24. The van der Waals surface area contributed by atoms with E-state index in [1.54, 1.807) is 4.90 Å². The van der Waals surface area contributed by atoms with Crippen LogP contribution in [0.5, 0.6) is 0 Å². The van der Waals surface area contributed by atoms with Crippen LogP contribution in [-0.2, 0) is 19.1 Å². The molecule has 0 saturated carbocycles. The molecule has 126 valence electrons. The van der Waals surface area contributed by atoms with Gasteiger partial charge >= 0.3 is 5.97 Å². The Morgan fingerprint density at radius 3 is 2.88 bits per heavy atom. The first-order chi connectivity index (χ1) is 11.6. The molecule has 3 heterocycles. The van der Waals surface area contributed by atoms with Crippen molar-refractivity contribution in [2.45, 2.75) is 25.0 Å². The molecular weight excluding hydrogens is 374 g/mol. The van der Waals surface area contributed by atoms with Crippen LogP contribution in [0.15, 0.2) is 40.9 Å². The highest BCUT2D eigenvalue weighted by molar-refractivity contribution is 9.10. The Kier molecular flexibility index (Phi) is 3.77. The zero-order chi connectivity index (χ0) is 16.9. The quantitative estimate of drug-likeness (QED) is 0.584. The highest BCUT2D eigenvalue weighted by atomic mass is 79.9. The summed E-state index contributed by atoms with van der Waals surface area (Å²) in [5.74, 6) is -1.44. The largest absolute Gasteiger partial charge is 0.465 e. The second-order valence-electron chi connectivity index (χ2n) is 6.47. The summed E-state index contributed by atoms with van der Waals surface area (Å²) in [5, 5.41) is 0. The van der Waals surface area contributed by atoms with E-state index in [9.17, 15) is 9.59 Å². The molecule has 1 unspecified atom stereocenters. The molecule has 4 atom stereocenters. The van der Waals surface area contributed by atoms with E-state index >= 15 is 0 Å². The summed E-state index contributed by atoms with van der Waals surface area (Å²) in [7, 11) is 0. The third-order valence-corrected chi connectivity index (χ3v) is 5.49. The number of hydrogen-bond acceptors (Lipinski definition) is 4. The summed E-state index contributed by atoms with van der Waals surface area (Å²) in [6.07, 6.45) is 4.25. The number of carbonyl (C=O) groups is 2. The molecular formula is C18H18BrNO4. The van der Waals surface area contributed by atoms with E-state index in [-0.39, 0.29) is 18.0 Å². The van der Waals surface area contributed by atoms with Crippen LogP contribution in [0.25, 0.3) is 0 Å². The highest BCUT2D eigenvalue weighted by Crippen LogP contribution is 2.52. The number of anilines is 1. The number of benzene rings is 1. The van der Waals surface area contributed by atoms with Gasteiger partial charge in [0, 0.05) is 10.2 Å². The van der Waals surface area contributed by atoms with Crippen LogP contribution in [0.4, 0.5) is 5.69 Å². The lowest BCUT2D eigenvalue weighted by Gasteiger charge is -2.22. The molecule has 2 fully saturated rings. The molecule has 1 spiro atoms. The van der Waals surface area contributed by atoms with E-state index in [2.05, 4.69) is 15.9 Å². The number of halogens is 1. The monoisotopic (exact) mass is 391 g/mol. The van der Waals surface area contributed by atoms with Gasteiger partial charge in [-0.15, -0.1) is 0 Å². The first-order valence-corrected chi connectivity index (χ1v) is 8.96. The summed E-state index contributed by atoms with van der Waals surface area (Å²) in [6, 6.07) is 7.57. The third-order valence-electron chi connectivity index (χ3n) is 4.96. The van der Waals surface area contributed by atoms with E-state index in [0.29, 0.717) is 13.2 Å². The number of nitrogens with zero attached hydrogens (tertiary/aromatic N) is 1. The number of fused-ring (bicyclic) bond motifs is 1. The normalized spacial score (nSPS) is 33.2. The molecule has 0 aromatic heterocycles. The Hall–Kier alpha value is -1.66. The van der Waals surface area contributed by atoms with Crippen LogP contribution in [0.2, 0.25) is 0 Å². The fourth-order valence-corrected chi connectivity index (χ4v) is 4.17. The minimum absolute atomic E-state index is 0.0670. The Balaban J connectivity index is 1.64. The van der Waals surface area contributed by atoms with Crippen molar-refractivity contribution in [3.63, 3.8) is 0 Å². The van der Waals surface area contributed by atoms with Gasteiger partial charge in [0.15, 0.2) is 0 Å². The van der Waals surface area contributed by atoms with Crippen molar-refractivity contribution < 1.29 is 19.1 Å². The standard InChI is InChI=1S/C18H18BrNO4/c1-2-9-23-17(22)14-13-7-8-18(24-13)10-20(16(21)15(14)18)12-5-3-11(19)4-6-12/h3-8,13-15H,2,9-10H2,1H3/t13-,14?,15+,18-/m1/s1. The van der Waals surface area contributed by atoms with Gasteiger partial charge in [-0.3, -0.25) is 9.59 Å². The Labute approximate surface area is 148 Å². The lowest BCUT2D eigenvalue weighted by Crippen LogP contribution is -2.40. The number of amides is 1. The Morgan fingerprint density at radius 1 is 1.42 bits per heavy atom. The molecule has 3 aliphatic heterocycles. The number of carbonyl (C=O) groups excluding carboxylic acids is 2. The molecule has 2 saturated heterocycles. The zero-order valence-electron chi connectivity index (χ0n) is 13.3. The van der Waals surface area contributed by atoms with E-state index in [4.69, 9.17) is 9.47 Å². The van der Waals surface area contributed by atoms with Gasteiger partial charge in [0.25, 0.3) is 0 Å². The Morgan fingerprint density at radius 2 is 2.17 bits per heavy atom. The molecule has 6 heteroatoms. The summed E-state index contributed by atoms with van der Waals surface area (Å²) >= 11 is 3.40. The summed E-state index contributed by atoms with van der Waals surface area (Å²) < 4.78 is 12.3. The van der Waals surface area contributed by atoms with Crippen molar-refractivity contribution >= 4 is 33.5 Å². The molecule has 3 aliphatic rings. The summed E-state index contributed by atoms with van der Waals surface area (Å²) in [4.78, 5) is 27.2. The summed E-state index contributed by atoms with van der Waals surface area (Å²) in [5.41, 5.74) is 0.109. The zero-order valence-corrected chi connectivity index (χ0v) is 14.9.